The molecule has 18 heavy (non-hydrogen) atoms. The smallest absolute Gasteiger partial charge is 0.151 e. The van der Waals surface area contributed by atoms with Gasteiger partial charge in [0.2, 0.25) is 0 Å². The van der Waals surface area contributed by atoms with Crippen LogP contribution < -0.4 is 0 Å². The molecule has 3 aromatic rings. The minimum absolute atomic E-state index is 0.231. The third-order valence-corrected chi connectivity index (χ3v) is 2.96. The summed E-state index contributed by atoms with van der Waals surface area (Å²) in [5.74, 6) is -0.417. The molecule has 0 bridgehead atoms. The largest absolute Gasteiger partial charge is 0.338 e. The fraction of sp³-hybridized carbons (Fsp3) is 0. The van der Waals surface area contributed by atoms with Crippen LogP contribution in [-0.4, -0.2) is 9.97 Å². The normalized spacial score (nSPS) is 11.1. The van der Waals surface area contributed by atoms with Crippen LogP contribution in [0.4, 0.5) is 8.78 Å². The number of benzene rings is 2. The Morgan fingerprint density at radius 3 is 2.67 bits per heavy atom. The zero-order valence-corrected chi connectivity index (χ0v) is 9.80. The first-order valence-corrected chi connectivity index (χ1v) is 5.62. The van der Waals surface area contributed by atoms with Crippen LogP contribution in [0.5, 0.6) is 0 Å². The number of aromatic amines is 1. The zero-order valence-electron chi connectivity index (χ0n) is 9.05. The van der Waals surface area contributed by atoms with E-state index in [0.717, 1.165) is 0 Å². The number of para-hydroxylation sites is 1. The topological polar surface area (TPSA) is 28.7 Å². The number of nitrogens with one attached hydrogen (secondary N) is 1. The van der Waals surface area contributed by atoms with Crippen molar-refractivity contribution < 1.29 is 8.78 Å². The van der Waals surface area contributed by atoms with E-state index in [9.17, 15) is 8.78 Å². The summed E-state index contributed by atoms with van der Waals surface area (Å²) in [6, 6.07) is 8.62. The van der Waals surface area contributed by atoms with Gasteiger partial charge in [-0.15, -0.1) is 0 Å². The third-order valence-electron chi connectivity index (χ3n) is 2.65. The second kappa shape index (κ2) is 4.07. The molecule has 3 rings (SSSR count). The molecule has 1 aromatic heterocycles. The minimum Gasteiger partial charge on any atom is -0.338 e. The lowest BCUT2D eigenvalue weighted by Crippen LogP contribution is -1.83. The Morgan fingerprint density at radius 1 is 1.11 bits per heavy atom. The Balaban J connectivity index is 2.23. The number of hydrogen-bond donors (Lipinski definition) is 1. The molecule has 0 spiro atoms. The molecule has 90 valence electrons. The minimum atomic E-state index is -0.425. The van der Waals surface area contributed by atoms with E-state index in [0.29, 0.717) is 16.9 Å². The van der Waals surface area contributed by atoms with Gasteiger partial charge in [0.25, 0.3) is 0 Å². The summed E-state index contributed by atoms with van der Waals surface area (Å²) >= 11 is 5.94. The van der Waals surface area contributed by atoms with Crippen LogP contribution in [0.2, 0.25) is 5.02 Å². The van der Waals surface area contributed by atoms with Crippen molar-refractivity contribution >= 4 is 22.6 Å². The fourth-order valence-corrected chi connectivity index (χ4v) is 2.06. The van der Waals surface area contributed by atoms with Crippen LogP contribution in [0, 0.1) is 11.6 Å². The molecule has 0 aliphatic heterocycles. The van der Waals surface area contributed by atoms with Crippen molar-refractivity contribution in [3.8, 4) is 11.4 Å². The van der Waals surface area contributed by atoms with E-state index in [-0.39, 0.29) is 10.5 Å². The van der Waals surface area contributed by atoms with Crippen LogP contribution in [0.15, 0.2) is 36.4 Å². The number of H-pyrrole nitrogens is 1. The van der Waals surface area contributed by atoms with Crippen LogP contribution >= 0.6 is 11.6 Å². The van der Waals surface area contributed by atoms with Crippen molar-refractivity contribution in [2.45, 2.75) is 0 Å². The average Bonchev–Trinajstić information content (AvgIpc) is 2.74. The van der Waals surface area contributed by atoms with E-state index < -0.39 is 11.6 Å². The van der Waals surface area contributed by atoms with E-state index in [2.05, 4.69) is 9.97 Å². The summed E-state index contributed by atoms with van der Waals surface area (Å²) in [5.41, 5.74) is 1.35. The number of imidazole rings is 1. The molecule has 0 aliphatic rings. The van der Waals surface area contributed by atoms with Gasteiger partial charge in [-0.1, -0.05) is 17.7 Å². The molecule has 0 aliphatic carbocycles. The molecule has 0 amide bonds. The lowest BCUT2D eigenvalue weighted by atomic mass is 10.2. The lowest BCUT2D eigenvalue weighted by molar-refractivity contribution is 0.628. The second-order valence-corrected chi connectivity index (χ2v) is 4.25. The van der Waals surface area contributed by atoms with Gasteiger partial charge in [0.05, 0.1) is 10.5 Å². The quantitative estimate of drug-likeness (QED) is 0.702. The summed E-state index contributed by atoms with van der Waals surface area (Å²) < 4.78 is 26.5. The Hall–Kier alpha value is -1.94. The van der Waals surface area contributed by atoms with Crippen LogP contribution in [0.1, 0.15) is 0 Å². The zero-order chi connectivity index (χ0) is 12.7. The van der Waals surface area contributed by atoms with Gasteiger partial charge in [-0.2, -0.15) is 0 Å². The van der Waals surface area contributed by atoms with Crippen LogP contribution in [-0.2, 0) is 0 Å². The second-order valence-electron chi connectivity index (χ2n) is 3.85. The monoisotopic (exact) mass is 264 g/mol. The summed E-state index contributed by atoms with van der Waals surface area (Å²) in [6.07, 6.45) is 0. The highest BCUT2D eigenvalue weighted by Crippen LogP contribution is 2.28. The molecular formula is C13H7ClF2N2. The van der Waals surface area contributed by atoms with Gasteiger partial charge in [-0.3, -0.25) is 0 Å². The highest BCUT2D eigenvalue weighted by atomic mass is 35.5. The summed E-state index contributed by atoms with van der Waals surface area (Å²) in [7, 11) is 0. The number of aromatic nitrogens is 2. The summed E-state index contributed by atoms with van der Waals surface area (Å²) in [5, 5.41) is 0.231. The molecule has 0 fully saturated rings. The molecule has 0 atom stereocenters. The standard InChI is InChI=1S/C13H7ClF2N2/c14-9-6-7(15)4-5-8(9)13-17-11-3-1-2-10(16)12(11)18-13/h1-6H,(H,17,18). The van der Waals surface area contributed by atoms with E-state index in [4.69, 9.17) is 11.6 Å². The Kier molecular flexibility index (Phi) is 2.52. The Labute approximate surface area is 106 Å². The first-order chi connectivity index (χ1) is 8.65. The highest BCUT2D eigenvalue weighted by molar-refractivity contribution is 6.33. The molecule has 0 radical (unpaired) electrons. The Morgan fingerprint density at radius 2 is 1.94 bits per heavy atom. The summed E-state index contributed by atoms with van der Waals surface area (Å²) in [6.45, 7) is 0. The SMILES string of the molecule is Fc1ccc(-c2nc3c(F)cccc3[nH]2)c(Cl)c1. The van der Waals surface area contributed by atoms with Crippen molar-refractivity contribution in [2.75, 3.05) is 0 Å². The maximum atomic E-state index is 13.5. The number of fused-ring (bicyclic) bond motifs is 1. The van der Waals surface area contributed by atoms with Crippen molar-refractivity contribution in [2.24, 2.45) is 0 Å². The number of rotatable bonds is 1. The first-order valence-electron chi connectivity index (χ1n) is 5.25. The van der Waals surface area contributed by atoms with Gasteiger partial charge in [0.15, 0.2) is 5.82 Å². The summed E-state index contributed by atoms with van der Waals surface area (Å²) in [4.78, 5) is 7.09. The van der Waals surface area contributed by atoms with Gasteiger partial charge in [-0.05, 0) is 30.3 Å². The van der Waals surface area contributed by atoms with Crippen LogP contribution in [0.25, 0.3) is 22.4 Å². The average molecular weight is 265 g/mol. The molecule has 0 saturated carbocycles. The van der Waals surface area contributed by atoms with E-state index in [1.165, 1.54) is 24.3 Å². The van der Waals surface area contributed by atoms with E-state index >= 15 is 0 Å². The predicted octanol–water partition coefficient (Wildman–Crippen LogP) is 4.16. The van der Waals surface area contributed by atoms with Crippen molar-refractivity contribution in [1.29, 1.82) is 0 Å². The number of nitrogens with zero attached hydrogens (tertiary/aromatic N) is 1. The van der Waals surface area contributed by atoms with Gasteiger partial charge in [0, 0.05) is 5.56 Å². The molecule has 2 aromatic carbocycles. The van der Waals surface area contributed by atoms with Crippen molar-refractivity contribution in [3.05, 3.63) is 53.1 Å². The Bertz CT molecular complexity index is 737. The molecule has 1 N–H and O–H groups in total. The van der Waals surface area contributed by atoms with Crippen LogP contribution in [0.3, 0.4) is 0 Å². The van der Waals surface area contributed by atoms with Crippen molar-refractivity contribution in [3.63, 3.8) is 0 Å². The molecule has 2 nitrogen and oxygen atoms in total. The third kappa shape index (κ3) is 1.75. The van der Waals surface area contributed by atoms with E-state index in [1.807, 2.05) is 0 Å². The molecule has 0 saturated heterocycles. The predicted molar refractivity (Wildman–Crippen MR) is 66.5 cm³/mol. The van der Waals surface area contributed by atoms with E-state index in [1.54, 1.807) is 12.1 Å². The van der Waals surface area contributed by atoms with Gasteiger partial charge in [-0.25, -0.2) is 13.8 Å². The molecule has 1 heterocycles. The number of hydrogen-bond acceptors (Lipinski definition) is 1. The lowest BCUT2D eigenvalue weighted by Gasteiger charge is -1.99. The van der Waals surface area contributed by atoms with Gasteiger partial charge in [0.1, 0.15) is 17.2 Å². The maximum absolute atomic E-state index is 13.5. The van der Waals surface area contributed by atoms with Gasteiger partial charge >= 0.3 is 0 Å². The molecule has 0 unspecified atom stereocenters. The fourth-order valence-electron chi connectivity index (χ4n) is 1.81. The van der Waals surface area contributed by atoms with Gasteiger partial charge < -0.3 is 4.98 Å². The van der Waals surface area contributed by atoms with Crippen molar-refractivity contribution in [1.82, 2.24) is 9.97 Å². The highest BCUT2D eigenvalue weighted by Gasteiger charge is 2.11. The molecular weight excluding hydrogens is 258 g/mol. The maximum Gasteiger partial charge on any atom is 0.151 e. The first kappa shape index (κ1) is 11.2. The molecule has 5 heteroatoms. The number of halogens is 3.